The second-order valence-electron chi connectivity index (χ2n) is 15.7. The van der Waals surface area contributed by atoms with E-state index in [2.05, 4.69) is 0 Å². The molecule has 1 aromatic rings. The summed E-state index contributed by atoms with van der Waals surface area (Å²) in [6, 6.07) is 1.48. The molecule has 56 heavy (non-hydrogen) atoms. The summed E-state index contributed by atoms with van der Waals surface area (Å²) < 4.78 is 54.4. The number of methoxy groups -OCH3 is 1. The Balaban J connectivity index is 1.61. The Morgan fingerprint density at radius 2 is 1.05 bits per heavy atom. The highest BCUT2D eigenvalue weighted by Gasteiger charge is 2.42. The number of carboxylic acid groups (broad SMARTS) is 1. The van der Waals surface area contributed by atoms with Crippen LogP contribution in [0.25, 0.3) is 0 Å². The summed E-state index contributed by atoms with van der Waals surface area (Å²) in [4.78, 5) is 58.9. The van der Waals surface area contributed by atoms with Gasteiger partial charge in [0.15, 0.2) is 23.1 Å². The molecule has 0 bridgehead atoms. The Kier molecular flexibility index (Phi) is 14.7. The summed E-state index contributed by atoms with van der Waals surface area (Å²) in [5.41, 5.74) is 0.311. The van der Waals surface area contributed by atoms with Crippen LogP contribution in [0.2, 0.25) is 0 Å². The molecule has 0 radical (unpaired) electrons. The standard InChI is InChI=1S/C36H50I3N3O14/c1-33(2)49-15-19(53-33)11-40(12-20-16-50-34(3,4)54-20)29(43)23-10-24(42(39)31(45)28(48-9)32(46)47)27(38)25(26(23)37)30(44)41(13-21-17-51-35(5,6)55-21)14-22-18-52-36(7,8)56-22/h10,19-22,28H,11-18H2,1-9H3,(H,46,47). The van der Waals surface area contributed by atoms with E-state index in [4.69, 9.17) is 42.6 Å². The van der Waals surface area contributed by atoms with Crippen LogP contribution in [0.5, 0.6) is 0 Å². The molecule has 314 valence electrons. The topological polar surface area (TPSA) is 181 Å². The van der Waals surface area contributed by atoms with Crippen LogP contribution in [0.4, 0.5) is 5.69 Å². The van der Waals surface area contributed by atoms with Crippen LogP contribution in [-0.2, 0) is 52.2 Å². The van der Waals surface area contributed by atoms with E-state index >= 15 is 4.79 Å². The molecule has 1 N–H and O–H groups in total. The number of carboxylic acids is 1. The number of benzene rings is 1. The molecule has 0 aromatic heterocycles. The predicted molar refractivity (Wildman–Crippen MR) is 223 cm³/mol. The fourth-order valence-electron chi connectivity index (χ4n) is 6.84. The fourth-order valence-corrected chi connectivity index (χ4v) is 10.2. The molecule has 17 nitrogen and oxygen atoms in total. The number of aliphatic carboxylic acids is 1. The number of ether oxygens (including phenoxy) is 9. The zero-order valence-corrected chi connectivity index (χ0v) is 39.3. The van der Waals surface area contributed by atoms with Gasteiger partial charge in [0, 0.05) is 36.9 Å². The first-order chi connectivity index (χ1) is 25.9. The fraction of sp³-hybridized carbons (Fsp3) is 0.722. The van der Waals surface area contributed by atoms with Crippen molar-refractivity contribution in [1.82, 2.24) is 9.80 Å². The van der Waals surface area contributed by atoms with Crippen LogP contribution in [0.3, 0.4) is 0 Å². The maximum absolute atomic E-state index is 15.1. The molecule has 0 spiro atoms. The molecule has 4 heterocycles. The predicted octanol–water partition coefficient (Wildman–Crippen LogP) is 4.17. The molecule has 4 aliphatic rings. The molecule has 20 heteroatoms. The van der Waals surface area contributed by atoms with Crippen molar-refractivity contribution in [3.05, 3.63) is 24.3 Å². The van der Waals surface area contributed by atoms with E-state index < -0.39 is 77.4 Å². The first-order valence-corrected chi connectivity index (χ1v) is 21.2. The van der Waals surface area contributed by atoms with Crippen molar-refractivity contribution in [1.29, 1.82) is 0 Å². The zero-order valence-electron chi connectivity index (χ0n) is 32.9. The molecule has 4 fully saturated rings. The summed E-state index contributed by atoms with van der Waals surface area (Å²) in [7, 11) is 1.11. The maximum atomic E-state index is 15.1. The highest BCUT2D eigenvalue weighted by atomic mass is 127. The van der Waals surface area contributed by atoms with Crippen molar-refractivity contribution < 1.29 is 66.9 Å². The van der Waals surface area contributed by atoms with Crippen molar-refractivity contribution in [2.75, 3.05) is 62.8 Å². The number of rotatable bonds is 14. The Morgan fingerprint density at radius 3 is 1.36 bits per heavy atom. The van der Waals surface area contributed by atoms with E-state index in [9.17, 15) is 19.5 Å². The van der Waals surface area contributed by atoms with Gasteiger partial charge in [-0.05, 0) is 107 Å². The van der Waals surface area contributed by atoms with Gasteiger partial charge >= 0.3 is 5.97 Å². The average Bonchev–Trinajstić information content (AvgIpc) is 3.83. The normalized spacial score (nSPS) is 26.6. The lowest BCUT2D eigenvalue weighted by molar-refractivity contribution is -0.153. The average molecular weight is 1130 g/mol. The zero-order chi connectivity index (χ0) is 41.5. The number of amides is 3. The second-order valence-corrected chi connectivity index (χ2v) is 18.9. The van der Waals surface area contributed by atoms with Gasteiger partial charge in [-0.2, -0.15) is 0 Å². The van der Waals surface area contributed by atoms with Crippen LogP contribution in [0.15, 0.2) is 6.07 Å². The van der Waals surface area contributed by atoms with Crippen molar-refractivity contribution in [2.45, 2.75) is 109 Å². The number of halogens is 3. The van der Waals surface area contributed by atoms with Crippen molar-refractivity contribution in [3.63, 3.8) is 0 Å². The molecule has 0 saturated carbocycles. The minimum Gasteiger partial charge on any atom is -0.479 e. The van der Waals surface area contributed by atoms with Gasteiger partial charge in [-0.1, -0.05) is 0 Å². The van der Waals surface area contributed by atoms with Crippen molar-refractivity contribution in [3.8, 4) is 0 Å². The summed E-state index contributed by atoms with van der Waals surface area (Å²) in [5, 5.41) is 9.79. The molecule has 3 amide bonds. The van der Waals surface area contributed by atoms with E-state index in [1.807, 2.05) is 45.2 Å². The first-order valence-electron chi connectivity index (χ1n) is 18.0. The summed E-state index contributed by atoms with van der Waals surface area (Å²) in [5.74, 6) is -6.86. The Hall–Kier alpha value is -1.07. The van der Waals surface area contributed by atoms with E-state index in [0.717, 1.165) is 10.2 Å². The Labute approximate surface area is 367 Å². The molecule has 5 atom stereocenters. The van der Waals surface area contributed by atoms with Crippen molar-refractivity contribution in [2.24, 2.45) is 0 Å². The maximum Gasteiger partial charge on any atom is 0.342 e. The highest BCUT2D eigenvalue weighted by molar-refractivity contribution is 14.1. The third-order valence-electron chi connectivity index (χ3n) is 9.25. The molecule has 5 unspecified atom stereocenters. The van der Waals surface area contributed by atoms with Crippen LogP contribution in [-0.4, -0.2) is 152 Å². The number of hydrogen-bond donors (Lipinski definition) is 1. The van der Waals surface area contributed by atoms with E-state index in [-0.39, 0.29) is 69.4 Å². The van der Waals surface area contributed by atoms with Crippen molar-refractivity contribution >= 4 is 97.4 Å². The molecule has 1 aromatic carbocycles. The lowest BCUT2D eigenvalue weighted by Crippen LogP contribution is -2.46. The lowest BCUT2D eigenvalue weighted by Gasteiger charge is -2.31. The number of anilines is 1. The van der Waals surface area contributed by atoms with Gasteiger partial charge in [-0.3, -0.25) is 14.4 Å². The third kappa shape index (κ3) is 11.2. The summed E-state index contributed by atoms with van der Waals surface area (Å²) in [6.45, 7) is 15.7. The van der Waals surface area contributed by atoms with Gasteiger partial charge in [0.2, 0.25) is 6.10 Å². The van der Waals surface area contributed by atoms with Crippen LogP contribution >= 0.6 is 68.0 Å². The van der Waals surface area contributed by atoms with Crippen LogP contribution < -0.4 is 3.11 Å². The smallest absolute Gasteiger partial charge is 0.342 e. The first kappa shape index (κ1) is 46.0. The largest absolute Gasteiger partial charge is 0.479 e. The number of carbonyl (C=O) groups excluding carboxylic acids is 3. The molecular weight excluding hydrogens is 1080 g/mol. The van der Waals surface area contributed by atoms with Crippen LogP contribution in [0, 0.1) is 7.14 Å². The molecule has 0 aliphatic carbocycles. The number of nitrogens with zero attached hydrogens (tertiary/aromatic N) is 3. The van der Waals surface area contributed by atoms with Crippen LogP contribution in [0.1, 0.15) is 76.1 Å². The molecule has 4 aliphatic heterocycles. The third-order valence-corrected chi connectivity index (χ3v) is 12.5. The SMILES string of the molecule is COC(C(=O)O)C(=O)N(I)c1cc(C(=O)N(CC2COC(C)(C)O2)CC2COC(C)(C)O2)c(I)c(C(=O)N(CC2COC(C)(C)O2)CC2COC(C)(C)O2)c1I. The Bertz CT molecular complexity index is 1620. The minimum absolute atomic E-state index is 0.0857. The Morgan fingerprint density at radius 1 is 0.696 bits per heavy atom. The monoisotopic (exact) mass is 1130 g/mol. The van der Waals surface area contributed by atoms with Gasteiger partial charge < -0.3 is 57.5 Å². The van der Waals surface area contributed by atoms with Gasteiger partial charge in [0.1, 0.15) is 24.4 Å². The summed E-state index contributed by atoms with van der Waals surface area (Å²) >= 11 is 5.61. The quantitative estimate of drug-likeness (QED) is 0.159. The minimum atomic E-state index is -1.86. The number of carbonyl (C=O) groups is 4. The molecule has 5 rings (SSSR count). The van der Waals surface area contributed by atoms with Gasteiger partial charge in [0.05, 0.1) is 69.7 Å². The van der Waals surface area contributed by atoms with E-state index in [1.54, 1.807) is 88.1 Å². The lowest BCUT2D eigenvalue weighted by atomic mass is 10.0. The van der Waals surface area contributed by atoms with Gasteiger partial charge in [-0.15, -0.1) is 0 Å². The van der Waals surface area contributed by atoms with E-state index in [0.29, 0.717) is 7.14 Å². The highest BCUT2D eigenvalue weighted by Crippen LogP contribution is 2.37. The number of hydrogen-bond acceptors (Lipinski definition) is 13. The molecular formula is C36H50I3N3O14. The summed E-state index contributed by atoms with van der Waals surface area (Å²) in [6.07, 6.45) is -3.81. The molecule has 4 saturated heterocycles. The van der Waals surface area contributed by atoms with E-state index in [1.165, 1.54) is 6.07 Å². The van der Waals surface area contributed by atoms with Gasteiger partial charge in [0.25, 0.3) is 17.7 Å². The van der Waals surface area contributed by atoms with Gasteiger partial charge in [-0.25, -0.2) is 7.91 Å². The second kappa shape index (κ2) is 17.9.